The van der Waals surface area contributed by atoms with E-state index in [1.54, 1.807) is 0 Å². The van der Waals surface area contributed by atoms with Crippen LogP contribution in [0.4, 0.5) is 0 Å². The van der Waals surface area contributed by atoms with E-state index in [-0.39, 0.29) is 0 Å². The summed E-state index contributed by atoms with van der Waals surface area (Å²) in [7, 11) is 0. The summed E-state index contributed by atoms with van der Waals surface area (Å²) in [5.74, 6) is 0. The van der Waals surface area contributed by atoms with E-state index in [2.05, 4.69) is 61.7 Å². The molecule has 0 saturated carbocycles. The molecule has 2 N–H and O–H groups in total. The van der Waals surface area contributed by atoms with Gasteiger partial charge in [0.05, 0.1) is 0 Å². The molecule has 0 saturated heterocycles. The second-order valence-corrected chi connectivity index (χ2v) is 11.5. The number of H-pyrrole nitrogens is 1. The summed E-state index contributed by atoms with van der Waals surface area (Å²) in [5.41, 5.74) is 6.36. The molecule has 2 rings (SSSR count). The van der Waals surface area contributed by atoms with Crippen molar-refractivity contribution >= 4 is 10.9 Å². The van der Waals surface area contributed by atoms with Crippen LogP contribution in [0.1, 0.15) is 141 Å². The van der Waals surface area contributed by atoms with Gasteiger partial charge in [0.1, 0.15) is 0 Å². The summed E-state index contributed by atoms with van der Waals surface area (Å²) in [6.45, 7) is 13.7. The highest BCUT2D eigenvalue weighted by Gasteiger charge is 2.05. The first kappa shape index (κ1) is 31.3. The molecular formula is C35H58N2. The van der Waals surface area contributed by atoms with Crippen LogP contribution >= 0.6 is 0 Å². The smallest absolute Gasteiger partial charge is 0.0457 e. The van der Waals surface area contributed by atoms with Crippen LogP contribution in [0.5, 0.6) is 0 Å². The molecule has 0 amide bonds. The third kappa shape index (κ3) is 14.5. The number of aromatic nitrogens is 1. The Labute approximate surface area is 229 Å². The molecule has 2 heteroatoms. The van der Waals surface area contributed by atoms with Crippen LogP contribution in [-0.2, 0) is 12.8 Å². The van der Waals surface area contributed by atoms with Gasteiger partial charge in [0, 0.05) is 29.3 Å². The number of benzene rings is 1. The van der Waals surface area contributed by atoms with E-state index in [9.17, 15) is 0 Å². The zero-order chi connectivity index (χ0) is 26.6. The fraction of sp³-hybridized carbons (Fsp3) is 0.657. The first-order chi connectivity index (χ1) is 18.1. The van der Waals surface area contributed by atoms with Gasteiger partial charge in [-0.1, -0.05) is 134 Å². The number of unbranched alkanes of at least 4 members (excludes halogenated alkanes) is 16. The summed E-state index contributed by atoms with van der Waals surface area (Å²) >= 11 is 0. The summed E-state index contributed by atoms with van der Waals surface area (Å²) in [6.07, 6.45) is 29.4. The summed E-state index contributed by atoms with van der Waals surface area (Å²) in [4.78, 5) is 3.42. The first-order valence-corrected chi connectivity index (χ1v) is 15.7. The van der Waals surface area contributed by atoms with Crippen LogP contribution in [0.2, 0.25) is 0 Å². The summed E-state index contributed by atoms with van der Waals surface area (Å²) in [6, 6.07) is 6.72. The second-order valence-electron chi connectivity index (χ2n) is 11.5. The predicted molar refractivity (Wildman–Crippen MR) is 166 cm³/mol. The first-order valence-electron chi connectivity index (χ1n) is 15.7. The quantitative estimate of drug-likeness (QED) is 0.107. The van der Waals surface area contributed by atoms with Crippen molar-refractivity contribution in [3.05, 3.63) is 60.0 Å². The van der Waals surface area contributed by atoms with Gasteiger partial charge in [-0.3, -0.25) is 0 Å². The molecule has 208 valence electrons. The van der Waals surface area contributed by atoms with Gasteiger partial charge < -0.3 is 10.3 Å². The number of hydrogen-bond donors (Lipinski definition) is 2. The van der Waals surface area contributed by atoms with Gasteiger partial charge in [-0.25, -0.2) is 0 Å². The molecule has 1 heterocycles. The Morgan fingerprint density at radius 3 is 1.84 bits per heavy atom. The van der Waals surface area contributed by atoms with Crippen LogP contribution in [-0.4, -0.2) is 11.5 Å². The van der Waals surface area contributed by atoms with Gasteiger partial charge in [0.25, 0.3) is 0 Å². The SMILES string of the molecule is C=C(C)Cc1ccc2[nH]cc(CCNC(=C)CCCCCCCCCCCCCCCCCCC)c2c1. The summed E-state index contributed by atoms with van der Waals surface area (Å²) in [5, 5.41) is 4.91. The van der Waals surface area contributed by atoms with Crippen molar-refractivity contribution < 1.29 is 0 Å². The van der Waals surface area contributed by atoms with E-state index in [1.165, 1.54) is 142 Å². The van der Waals surface area contributed by atoms with Gasteiger partial charge >= 0.3 is 0 Å². The lowest BCUT2D eigenvalue weighted by Gasteiger charge is -2.10. The Balaban J connectivity index is 1.40. The number of nitrogens with one attached hydrogen (secondary N) is 2. The minimum Gasteiger partial charge on any atom is -0.388 e. The molecule has 0 radical (unpaired) electrons. The Kier molecular flexibility index (Phi) is 16.9. The van der Waals surface area contributed by atoms with E-state index in [1.807, 2.05) is 0 Å². The van der Waals surface area contributed by atoms with Crippen molar-refractivity contribution in [2.45, 2.75) is 142 Å². The highest BCUT2D eigenvalue weighted by molar-refractivity contribution is 5.84. The molecule has 0 aliphatic carbocycles. The normalized spacial score (nSPS) is 11.3. The fourth-order valence-corrected chi connectivity index (χ4v) is 5.42. The molecule has 0 bridgehead atoms. The topological polar surface area (TPSA) is 27.8 Å². The van der Waals surface area contributed by atoms with Gasteiger partial charge in [-0.15, -0.1) is 0 Å². The zero-order valence-corrected chi connectivity index (χ0v) is 24.6. The largest absolute Gasteiger partial charge is 0.388 e. The van der Waals surface area contributed by atoms with E-state index in [4.69, 9.17) is 0 Å². The Morgan fingerprint density at radius 2 is 1.30 bits per heavy atom. The van der Waals surface area contributed by atoms with Crippen LogP contribution < -0.4 is 5.32 Å². The van der Waals surface area contributed by atoms with E-state index in [0.29, 0.717) is 0 Å². The highest BCUT2D eigenvalue weighted by atomic mass is 14.9. The molecule has 1 aromatic carbocycles. The Morgan fingerprint density at radius 1 is 0.757 bits per heavy atom. The molecule has 2 aromatic rings. The van der Waals surface area contributed by atoms with E-state index in [0.717, 1.165) is 25.8 Å². The Hall–Kier alpha value is -1.96. The predicted octanol–water partition coefficient (Wildman–Crippen LogP) is 11.0. The third-order valence-corrected chi connectivity index (χ3v) is 7.69. The average molecular weight is 507 g/mol. The van der Waals surface area contributed by atoms with Crippen molar-refractivity contribution in [3.63, 3.8) is 0 Å². The minimum absolute atomic E-state index is 0.953. The molecule has 0 aliphatic rings. The lowest BCUT2D eigenvalue weighted by molar-refractivity contribution is 0.526. The van der Waals surface area contributed by atoms with Crippen molar-refractivity contribution in [1.82, 2.24) is 10.3 Å². The standard InChI is InChI=1S/C35H58N2/c1-5-6-7-8-9-10-11-12-13-14-15-16-17-18-19-20-21-22-31(4)36-26-25-33-29-37-35-24-23-32(27-30(2)3)28-34(33)35/h23-24,28-29,36-37H,2,4-22,25-27H2,1,3H3. The molecule has 0 unspecified atom stereocenters. The maximum Gasteiger partial charge on any atom is 0.0457 e. The number of hydrogen-bond acceptors (Lipinski definition) is 1. The van der Waals surface area contributed by atoms with E-state index >= 15 is 0 Å². The molecule has 0 fully saturated rings. The number of fused-ring (bicyclic) bond motifs is 1. The van der Waals surface area contributed by atoms with Crippen molar-refractivity contribution in [2.75, 3.05) is 6.54 Å². The lowest BCUT2D eigenvalue weighted by Crippen LogP contribution is -2.15. The van der Waals surface area contributed by atoms with Gasteiger partial charge in [0.15, 0.2) is 0 Å². The average Bonchev–Trinajstić information content (AvgIpc) is 3.27. The summed E-state index contributed by atoms with van der Waals surface area (Å²) < 4.78 is 0. The molecule has 1 aromatic heterocycles. The lowest BCUT2D eigenvalue weighted by atomic mass is 10.0. The molecule has 2 nitrogen and oxygen atoms in total. The molecule has 0 spiro atoms. The van der Waals surface area contributed by atoms with Gasteiger partial charge in [-0.05, 0) is 55.9 Å². The zero-order valence-electron chi connectivity index (χ0n) is 24.6. The maximum atomic E-state index is 4.26. The van der Waals surface area contributed by atoms with Crippen LogP contribution in [0.3, 0.4) is 0 Å². The molecule has 0 atom stereocenters. The Bertz CT molecular complexity index is 875. The van der Waals surface area contributed by atoms with Crippen LogP contribution in [0.15, 0.2) is 48.8 Å². The molecule has 37 heavy (non-hydrogen) atoms. The van der Waals surface area contributed by atoms with Crippen molar-refractivity contribution in [1.29, 1.82) is 0 Å². The highest BCUT2D eigenvalue weighted by Crippen LogP contribution is 2.22. The van der Waals surface area contributed by atoms with Gasteiger partial charge in [0.2, 0.25) is 0 Å². The monoisotopic (exact) mass is 506 g/mol. The minimum atomic E-state index is 0.953. The van der Waals surface area contributed by atoms with Crippen LogP contribution in [0.25, 0.3) is 10.9 Å². The van der Waals surface area contributed by atoms with Crippen molar-refractivity contribution in [2.24, 2.45) is 0 Å². The number of allylic oxidation sites excluding steroid dienone is 2. The van der Waals surface area contributed by atoms with E-state index < -0.39 is 0 Å². The fourth-order valence-electron chi connectivity index (χ4n) is 5.42. The second kappa shape index (κ2) is 20.1. The van der Waals surface area contributed by atoms with Crippen molar-refractivity contribution in [3.8, 4) is 0 Å². The molecular weight excluding hydrogens is 448 g/mol. The van der Waals surface area contributed by atoms with Gasteiger partial charge in [-0.2, -0.15) is 0 Å². The number of aromatic amines is 1. The molecule has 0 aliphatic heterocycles. The maximum absolute atomic E-state index is 4.26. The number of rotatable bonds is 24. The van der Waals surface area contributed by atoms with Crippen LogP contribution in [0, 0.1) is 0 Å². The third-order valence-electron chi connectivity index (χ3n) is 7.69.